The molecule has 0 fully saturated rings. The van der Waals surface area contributed by atoms with Gasteiger partial charge in [-0.2, -0.15) is 5.26 Å². The van der Waals surface area contributed by atoms with Crippen molar-refractivity contribution in [2.45, 2.75) is 0 Å². The number of benzene rings is 1. The number of nitrogens with zero attached hydrogens (tertiary/aromatic N) is 4. The normalized spacial score (nSPS) is 10.6. The van der Waals surface area contributed by atoms with Gasteiger partial charge < -0.3 is 5.73 Å². The number of non-ortho nitro benzene ring substituents is 1. The molecule has 3 rings (SSSR count). The maximum atomic E-state index is 12.4. The number of nitriles is 1. The average Bonchev–Trinajstić information content (AvgIpc) is 2.58. The van der Waals surface area contributed by atoms with Crippen LogP contribution in [0.4, 0.5) is 11.5 Å². The van der Waals surface area contributed by atoms with Gasteiger partial charge in [0.15, 0.2) is 5.65 Å². The second kappa shape index (κ2) is 5.57. The summed E-state index contributed by atoms with van der Waals surface area (Å²) >= 11 is 0. The second-order valence-corrected chi connectivity index (χ2v) is 5.18. The van der Waals surface area contributed by atoms with Gasteiger partial charge in [-0.05, 0) is 5.56 Å². The summed E-state index contributed by atoms with van der Waals surface area (Å²) in [5, 5.41) is 20.4. The molecular formula is C15H10N6O4. The minimum Gasteiger partial charge on any atom is -0.383 e. The van der Waals surface area contributed by atoms with E-state index in [1.807, 2.05) is 6.07 Å². The fraction of sp³-hybridized carbons (Fsp3) is 0.0667. The average molecular weight is 338 g/mol. The van der Waals surface area contributed by atoms with Crippen LogP contribution in [0.25, 0.3) is 22.2 Å². The molecule has 0 saturated carbocycles. The third kappa shape index (κ3) is 2.40. The number of hydrogen-bond donors (Lipinski definition) is 2. The Balaban J connectivity index is 2.58. The number of rotatable bonds is 2. The highest BCUT2D eigenvalue weighted by atomic mass is 16.6. The van der Waals surface area contributed by atoms with E-state index in [0.717, 1.165) is 4.57 Å². The number of nitrogen functional groups attached to an aromatic ring is 1. The molecule has 0 amide bonds. The van der Waals surface area contributed by atoms with Crippen LogP contribution < -0.4 is 17.0 Å². The van der Waals surface area contributed by atoms with Crippen molar-refractivity contribution in [3.05, 3.63) is 60.8 Å². The first-order chi connectivity index (χ1) is 11.8. The van der Waals surface area contributed by atoms with Crippen LogP contribution in [0.1, 0.15) is 5.56 Å². The number of hydrogen-bond acceptors (Lipinski definition) is 7. The van der Waals surface area contributed by atoms with Gasteiger partial charge >= 0.3 is 5.69 Å². The summed E-state index contributed by atoms with van der Waals surface area (Å²) in [6.45, 7) is 0. The van der Waals surface area contributed by atoms with Crippen LogP contribution in [0, 0.1) is 21.4 Å². The molecule has 10 nitrogen and oxygen atoms in total. The SMILES string of the molecule is Cn1c(=O)[nH]c(=O)c2c(-c3cccc([N+](=O)[O-])c3)c(C#N)c(N)nc21. The number of nitro groups is 1. The van der Waals surface area contributed by atoms with Crippen molar-refractivity contribution in [1.82, 2.24) is 14.5 Å². The van der Waals surface area contributed by atoms with E-state index < -0.39 is 16.2 Å². The lowest BCUT2D eigenvalue weighted by Crippen LogP contribution is -2.29. The molecule has 25 heavy (non-hydrogen) atoms. The zero-order valence-corrected chi connectivity index (χ0v) is 12.8. The molecule has 0 bridgehead atoms. The Hall–Kier alpha value is -4.00. The topological polar surface area (TPSA) is 161 Å². The fourth-order valence-corrected chi connectivity index (χ4v) is 2.57. The molecule has 10 heteroatoms. The third-order valence-electron chi connectivity index (χ3n) is 3.73. The third-order valence-corrected chi connectivity index (χ3v) is 3.73. The van der Waals surface area contributed by atoms with E-state index in [-0.39, 0.29) is 39.2 Å². The number of aryl methyl sites for hydroxylation is 1. The highest BCUT2D eigenvalue weighted by Gasteiger charge is 2.21. The predicted octanol–water partition coefficient (Wildman–Crippen LogP) is 0.651. The molecule has 2 aromatic heterocycles. The van der Waals surface area contributed by atoms with E-state index in [0.29, 0.717) is 0 Å². The largest absolute Gasteiger partial charge is 0.383 e. The number of fused-ring (bicyclic) bond motifs is 1. The lowest BCUT2D eigenvalue weighted by atomic mass is 9.97. The van der Waals surface area contributed by atoms with E-state index in [9.17, 15) is 25.0 Å². The van der Waals surface area contributed by atoms with Gasteiger partial charge in [0, 0.05) is 24.7 Å². The molecule has 0 radical (unpaired) electrons. The van der Waals surface area contributed by atoms with Crippen molar-refractivity contribution in [1.29, 1.82) is 5.26 Å². The Kier molecular flexibility index (Phi) is 3.54. The Labute approximate surface area is 138 Å². The van der Waals surface area contributed by atoms with Crippen LogP contribution in [0.3, 0.4) is 0 Å². The number of nitrogens with two attached hydrogens (primary N) is 1. The molecule has 3 aromatic rings. The van der Waals surface area contributed by atoms with Crippen molar-refractivity contribution in [2.24, 2.45) is 7.05 Å². The number of pyridine rings is 1. The summed E-state index contributed by atoms with van der Waals surface area (Å²) in [6, 6.07) is 7.30. The molecule has 124 valence electrons. The van der Waals surface area contributed by atoms with Gasteiger partial charge in [0.25, 0.3) is 11.2 Å². The van der Waals surface area contributed by atoms with Gasteiger partial charge in [0.2, 0.25) is 0 Å². The molecule has 0 aliphatic heterocycles. The molecule has 0 unspecified atom stereocenters. The van der Waals surface area contributed by atoms with E-state index in [1.54, 1.807) is 0 Å². The lowest BCUT2D eigenvalue weighted by molar-refractivity contribution is -0.384. The standard InChI is InChI=1S/C15H10N6O4/c1-20-13-11(14(22)19-15(20)23)10(9(6-16)12(17)18-13)7-3-2-4-8(5-7)21(24)25/h2-5H,1H3,(H2,17,18)(H,19,22,23). The zero-order chi connectivity index (χ0) is 18.3. The molecule has 0 saturated heterocycles. The molecule has 0 aliphatic carbocycles. The lowest BCUT2D eigenvalue weighted by Gasteiger charge is -2.12. The van der Waals surface area contributed by atoms with Gasteiger partial charge in [-0.15, -0.1) is 0 Å². The number of aromatic amines is 1. The van der Waals surface area contributed by atoms with E-state index >= 15 is 0 Å². The fourth-order valence-electron chi connectivity index (χ4n) is 2.57. The minimum atomic E-state index is -0.761. The van der Waals surface area contributed by atoms with Gasteiger partial charge in [0.05, 0.1) is 10.3 Å². The van der Waals surface area contributed by atoms with Crippen LogP contribution in [0.15, 0.2) is 33.9 Å². The first kappa shape index (κ1) is 15.9. The van der Waals surface area contributed by atoms with E-state index in [4.69, 9.17) is 5.73 Å². The molecule has 0 spiro atoms. The first-order valence-electron chi connectivity index (χ1n) is 6.92. The maximum absolute atomic E-state index is 12.4. The maximum Gasteiger partial charge on any atom is 0.329 e. The van der Waals surface area contributed by atoms with Gasteiger partial charge in [-0.1, -0.05) is 12.1 Å². The summed E-state index contributed by atoms with van der Waals surface area (Å²) < 4.78 is 1.08. The summed E-state index contributed by atoms with van der Waals surface area (Å²) in [4.78, 5) is 40.7. The summed E-state index contributed by atoms with van der Waals surface area (Å²) in [6.07, 6.45) is 0. The quantitative estimate of drug-likeness (QED) is 0.512. The van der Waals surface area contributed by atoms with Gasteiger partial charge in [-0.3, -0.25) is 24.5 Å². The number of nitrogens with one attached hydrogen (secondary N) is 1. The first-order valence-corrected chi connectivity index (χ1v) is 6.92. The predicted molar refractivity (Wildman–Crippen MR) is 88.8 cm³/mol. The van der Waals surface area contributed by atoms with Crippen molar-refractivity contribution in [3.8, 4) is 17.2 Å². The molecule has 0 atom stereocenters. The van der Waals surface area contributed by atoms with E-state index in [1.165, 1.54) is 31.3 Å². The van der Waals surface area contributed by atoms with Crippen molar-refractivity contribution < 1.29 is 4.92 Å². The van der Waals surface area contributed by atoms with Crippen LogP contribution in [0.5, 0.6) is 0 Å². The van der Waals surface area contributed by atoms with Crippen LogP contribution >= 0.6 is 0 Å². The highest BCUT2D eigenvalue weighted by molar-refractivity contribution is 5.98. The Morgan fingerprint density at radius 1 is 1.40 bits per heavy atom. The zero-order valence-electron chi connectivity index (χ0n) is 12.8. The molecule has 0 aliphatic rings. The smallest absolute Gasteiger partial charge is 0.329 e. The van der Waals surface area contributed by atoms with Crippen LogP contribution in [-0.2, 0) is 7.05 Å². The number of nitro benzene ring substituents is 1. The number of aromatic nitrogens is 3. The van der Waals surface area contributed by atoms with Crippen LogP contribution in [0.2, 0.25) is 0 Å². The minimum absolute atomic E-state index is 0.0215. The van der Waals surface area contributed by atoms with Crippen molar-refractivity contribution in [2.75, 3.05) is 5.73 Å². The summed E-state index contributed by atoms with van der Waals surface area (Å²) in [5.74, 6) is -0.183. The van der Waals surface area contributed by atoms with Crippen molar-refractivity contribution in [3.63, 3.8) is 0 Å². The molecule has 1 aromatic carbocycles. The van der Waals surface area contributed by atoms with Gasteiger partial charge in [-0.25, -0.2) is 9.78 Å². The Morgan fingerprint density at radius 2 is 2.12 bits per heavy atom. The monoisotopic (exact) mass is 338 g/mol. The molecule has 2 heterocycles. The van der Waals surface area contributed by atoms with E-state index in [2.05, 4.69) is 9.97 Å². The summed E-state index contributed by atoms with van der Waals surface area (Å²) in [5.41, 5.74) is 4.35. The second-order valence-electron chi connectivity index (χ2n) is 5.18. The molecular weight excluding hydrogens is 328 g/mol. The summed E-state index contributed by atoms with van der Waals surface area (Å²) in [7, 11) is 1.39. The number of H-pyrrole nitrogens is 1. The van der Waals surface area contributed by atoms with Crippen molar-refractivity contribution >= 4 is 22.5 Å². The Bertz CT molecular complexity index is 1200. The van der Waals surface area contributed by atoms with Crippen LogP contribution in [-0.4, -0.2) is 19.5 Å². The Morgan fingerprint density at radius 3 is 2.76 bits per heavy atom. The molecule has 3 N–H and O–H groups in total. The van der Waals surface area contributed by atoms with Gasteiger partial charge in [0.1, 0.15) is 17.5 Å². The number of anilines is 1. The highest BCUT2D eigenvalue weighted by Crippen LogP contribution is 2.33.